The molecule has 0 fully saturated rings. The van der Waals surface area contributed by atoms with E-state index in [0.29, 0.717) is 9.58 Å². The topological polar surface area (TPSA) is 56.6 Å². The van der Waals surface area contributed by atoms with E-state index in [0.717, 1.165) is 5.52 Å². The number of nitriles is 1. The second-order valence-corrected chi connectivity index (χ2v) is 3.36. The van der Waals surface area contributed by atoms with E-state index in [1.54, 1.807) is 12.3 Å². The minimum atomic E-state index is -0.0322. The first kappa shape index (κ1) is 7.07. The summed E-state index contributed by atoms with van der Waals surface area (Å²) in [5.41, 5.74) is 0.708. The predicted octanol–water partition coefficient (Wildman–Crippen LogP) is 1.46. The van der Waals surface area contributed by atoms with E-state index >= 15 is 0 Å². The van der Waals surface area contributed by atoms with Gasteiger partial charge < -0.3 is 4.98 Å². The van der Waals surface area contributed by atoms with E-state index in [-0.39, 0.29) is 5.43 Å². The van der Waals surface area contributed by atoms with Gasteiger partial charge >= 0.3 is 0 Å². The van der Waals surface area contributed by atoms with Crippen molar-refractivity contribution in [3.05, 3.63) is 33.4 Å². The minimum Gasteiger partial charge on any atom is -0.360 e. The number of rotatable bonds is 0. The number of nitrogens with one attached hydrogen (secondary N) is 1. The highest BCUT2D eigenvalue weighted by atomic mass is 32.1. The normalized spacial score (nSPS) is 9.92. The summed E-state index contributed by atoms with van der Waals surface area (Å²) in [5, 5.41) is 8.57. The van der Waals surface area contributed by atoms with Gasteiger partial charge in [0.15, 0.2) is 5.43 Å². The van der Waals surface area contributed by atoms with Crippen LogP contribution < -0.4 is 5.43 Å². The Hall–Kier alpha value is -1.60. The summed E-state index contributed by atoms with van der Waals surface area (Å²) in [6.45, 7) is 0. The quantitative estimate of drug-likeness (QED) is 0.660. The van der Waals surface area contributed by atoms with Crippen LogP contribution in [-0.4, -0.2) is 4.98 Å². The fourth-order valence-electron chi connectivity index (χ4n) is 1.02. The summed E-state index contributed by atoms with van der Waals surface area (Å²) in [7, 11) is 0. The second-order valence-electron chi connectivity index (χ2n) is 2.31. The van der Waals surface area contributed by atoms with Crippen LogP contribution in [0.4, 0.5) is 0 Å². The van der Waals surface area contributed by atoms with E-state index < -0.39 is 0 Å². The monoisotopic (exact) mass is 176 g/mol. The van der Waals surface area contributed by atoms with Gasteiger partial charge in [0.2, 0.25) is 0 Å². The van der Waals surface area contributed by atoms with Crippen molar-refractivity contribution in [2.24, 2.45) is 0 Å². The van der Waals surface area contributed by atoms with Gasteiger partial charge in [-0.3, -0.25) is 4.79 Å². The van der Waals surface area contributed by atoms with Crippen molar-refractivity contribution in [3.8, 4) is 6.07 Å². The highest BCUT2D eigenvalue weighted by Crippen LogP contribution is 2.19. The number of fused-ring (bicyclic) bond motifs is 1. The molecule has 2 aromatic heterocycles. The number of pyridine rings is 1. The molecule has 58 valence electrons. The Kier molecular flexibility index (Phi) is 1.45. The number of nitrogens with zero attached hydrogens (tertiary/aromatic N) is 1. The Bertz CT molecular complexity index is 518. The summed E-state index contributed by atoms with van der Waals surface area (Å²) in [5.74, 6) is 0. The molecule has 3 nitrogen and oxygen atoms in total. The van der Waals surface area contributed by atoms with Gasteiger partial charge in [-0.25, -0.2) is 0 Å². The van der Waals surface area contributed by atoms with Crippen LogP contribution in [0.2, 0.25) is 0 Å². The standard InChI is InChI=1S/C8H4N2OS/c9-4-5-3-6-8(12-5)7(11)1-2-10-6/h1-3H,(H,10,11). The molecule has 0 unspecified atom stereocenters. The van der Waals surface area contributed by atoms with Gasteiger partial charge in [0.1, 0.15) is 10.9 Å². The molecule has 0 bridgehead atoms. The van der Waals surface area contributed by atoms with Crippen molar-refractivity contribution in [2.45, 2.75) is 0 Å². The molecule has 0 spiro atoms. The Morgan fingerprint density at radius 3 is 3.08 bits per heavy atom. The summed E-state index contributed by atoms with van der Waals surface area (Å²) < 4.78 is 0.619. The largest absolute Gasteiger partial charge is 0.360 e. The van der Waals surface area contributed by atoms with Crippen molar-refractivity contribution >= 4 is 21.6 Å². The molecular weight excluding hydrogens is 172 g/mol. The Morgan fingerprint density at radius 2 is 2.42 bits per heavy atom. The van der Waals surface area contributed by atoms with E-state index in [1.165, 1.54) is 17.4 Å². The molecule has 0 amide bonds. The van der Waals surface area contributed by atoms with Crippen molar-refractivity contribution < 1.29 is 0 Å². The second kappa shape index (κ2) is 2.47. The van der Waals surface area contributed by atoms with E-state index in [9.17, 15) is 4.79 Å². The molecule has 0 saturated heterocycles. The highest BCUT2D eigenvalue weighted by molar-refractivity contribution is 7.19. The fourth-order valence-corrected chi connectivity index (χ4v) is 1.86. The molecule has 2 aromatic rings. The van der Waals surface area contributed by atoms with Gasteiger partial charge in [-0.2, -0.15) is 5.26 Å². The predicted molar refractivity (Wildman–Crippen MR) is 47.2 cm³/mol. The lowest BCUT2D eigenvalue weighted by Gasteiger charge is -1.83. The van der Waals surface area contributed by atoms with Gasteiger partial charge in [-0.15, -0.1) is 11.3 Å². The van der Waals surface area contributed by atoms with Gasteiger partial charge in [-0.1, -0.05) is 0 Å². The van der Waals surface area contributed by atoms with Crippen LogP contribution in [-0.2, 0) is 0 Å². The maximum Gasteiger partial charge on any atom is 0.199 e. The number of hydrogen-bond acceptors (Lipinski definition) is 3. The van der Waals surface area contributed by atoms with E-state index in [4.69, 9.17) is 5.26 Å². The lowest BCUT2D eigenvalue weighted by atomic mass is 10.4. The molecule has 0 aliphatic heterocycles. The third kappa shape index (κ3) is 0.917. The molecule has 0 radical (unpaired) electrons. The number of thiophene rings is 1. The summed E-state index contributed by atoms with van der Waals surface area (Å²) in [6.07, 6.45) is 1.58. The zero-order valence-corrected chi connectivity index (χ0v) is 6.81. The average Bonchev–Trinajstić information content (AvgIpc) is 2.49. The molecule has 2 heterocycles. The summed E-state index contributed by atoms with van der Waals surface area (Å²) in [6, 6.07) is 5.14. The smallest absolute Gasteiger partial charge is 0.199 e. The fraction of sp³-hybridized carbons (Fsp3) is 0. The molecule has 2 rings (SSSR count). The van der Waals surface area contributed by atoms with Crippen molar-refractivity contribution in [1.82, 2.24) is 4.98 Å². The molecule has 0 saturated carbocycles. The number of aromatic nitrogens is 1. The summed E-state index contributed by atoms with van der Waals surface area (Å²) >= 11 is 1.22. The van der Waals surface area contributed by atoms with Gasteiger partial charge in [0.05, 0.1) is 10.2 Å². The van der Waals surface area contributed by atoms with Crippen molar-refractivity contribution in [2.75, 3.05) is 0 Å². The van der Waals surface area contributed by atoms with Gasteiger partial charge in [-0.05, 0) is 6.07 Å². The molecule has 0 aliphatic carbocycles. The molecule has 0 aromatic carbocycles. The zero-order chi connectivity index (χ0) is 8.55. The van der Waals surface area contributed by atoms with Gasteiger partial charge in [0.25, 0.3) is 0 Å². The van der Waals surface area contributed by atoms with Crippen LogP contribution in [0, 0.1) is 11.3 Å². The molecule has 12 heavy (non-hydrogen) atoms. The molecule has 0 atom stereocenters. The average molecular weight is 176 g/mol. The summed E-state index contributed by atoms with van der Waals surface area (Å²) in [4.78, 5) is 14.7. The van der Waals surface area contributed by atoms with Crippen LogP contribution in [0.15, 0.2) is 23.1 Å². The SMILES string of the molecule is N#Cc1cc2[nH]ccc(=O)c2s1. The third-order valence-electron chi connectivity index (χ3n) is 1.54. The first-order valence-corrected chi connectivity index (χ1v) is 4.14. The number of aromatic amines is 1. The third-order valence-corrected chi connectivity index (χ3v) is 2.59. The zero-order valence-electron chi connectivity index (χ0n) is 6.00. The van der Waals surface area contributed by atoms with Crippen LogP contribution in [0.5, 0.6) is 0 Å². The molecular formula is C8H4N2OS. The number of hydrogen-bond donors (Lipinski definition) is 1. The van der Waals surface area contributed by atoms with Crippen molar-refractivity contribution in [3.63, 3.8) is 0 Å². The maximum absolute atomic E-state index is 11.2. The van der Waals surface area contributed by atoms with Crippen LogP contribution >= 0.6 is 11.3 Å². The first-order chi connectivity index (χ1) is 5.81. The van der Waals surface area contributed by atoms with E-state index in [2.05, 4.69) is 4.98 Å². The Morgan fingerprint density at radius 1 is 1.58 bits per heavy atom. The van der Waals surface area contributed by atoms with Gasteiger partial charge in [0, 0.05) is 12.3 Å². The van der Waals surface area contributed by atoms with Crippen LogP contribution in [0.3, 0.4) is 0 Å². The Balaban J connectivity index is 2.95. The van der Waals surface area contributed by atoms with Crippen molar-refractivity contribution in [1.29, 1.82) is 5.26 Å². The molecule has 4 heteroatoms. The molecule has 1 N–H and O–H groups in total. The highest BCUT2D eigenvalue weighted by Gasteiger charge is 2.02. The molecule has 0 aliphatic rings. The van der Waals surface area contributed by atoms with Crippen LogP contribution in [0.25, 0.3) is 10.2 Å². The lowest BCUT2D eigenvalue weighted by Crippen LogP contribution is -1.95. The Labute approximate surface area is 71.9 Å². The van der Waals surface area contributed by atoms with E-state index in [1.807, 2.05) is 6.07 Å². The number of H-pyrrole nitrogens is 1. The lowest BCUT2D eigenvalue weighted by molar-refractivity contribution is 1.41. The van der Waals surface area contributed by atoms with Crippen LogP contribution in [0.1, 0.15) is 4.88 Å². The maximum atomic E-state index is 11.2. The minimum absolute atomic E-state index is 0.0322. The first-order valence-electron chi connectivity index (χ1n) is 3.32.